The van der Waals surface area contributed by atoms with Crippen molar-refractivity contribution >= 4 is 44.2 Å². The zero-order valence-electron chi connectivity index (χ0n) is 14.4. The molecule has 3 rings (SSSR count). The number of hydrogen-bond acceptors (Lipinski definition) is 5. The van der Waals surface area contributed by atoms with Gasteiger partial charge >= 0.3 is 0 Å². The molecule has 0 saturated carbocycles. The first-order valence-electron chi connectivity index (χ1n) is 8.34. The van der Waals surface area contributed by atoms with Crippen LogP contribution in [0.15, 0.2) is 34.1 Å². The van der Waals surface area contributed by atoms with Crippen LogP contribution in [0.1, 0.15) is 35.8 Å². The second kappa shape index (κ2) is 8.28. The van der Waals surface area contributed by atoms with Crippen LogP contribution in [0.3, 0.4) is 0 Å². The van der Waals surface area contributed by atoms with Crippen molar-refractivity contribution in [2.45, 2.75) is 25.2 Å². The second-order valence-corrected chi connectivity index (χ2v) is 8.08. The minimum absolute atomic E-state index is 0.159. The maximum atomic E-state index is 12.5. The van der Waals surface area contributed by atoms with Gasteiger partial charge < -0.3 is 15.4 Å². The summed E-state index contributed by atoms with van der Waals surface area (Å²) >= 11 is 4.77. The van der Waals surface area contributed by atoms with Crippen LogP contribution in [0.25, 0.3) is 0 Å². The van der Waals surface area contributed by atoms with E-state index < -0.39 is 0 Å². The Hall–Kier alpha value is -1.77. The number of carbonyl (C=O) groups is 2. The highest BCUT2D eigenvalue weighted by Crippen LogP contribution is 2.35. The summed E-state index contributed by atoms with van der Waals surface area (Å²) in [5.74, 6) is -0.444. The minimum atomic E-state index is -0.237. The van der Waals surface area contributed by atoms with Crippen LogP contribution in [0, 0.1) is 0 Å². The Morgan fingerprint density at radius 3 is 2.81 bits per heavy atom. The Morgan fingerprint density at radius 2 is 2.12 bits per heavy atom. The quantitative estimate of drug-likeness (QED) is 0.751. The Labute approximate surface area is 164 Å². The molecule has 138 valence electrons. The summed E-state index contributed by atoms with van der Waals surface area (Å²) in [5.41, 5.74) is 1.34. The number of nitrogens with zero attached hydrogens (tertiary/aromatic N) is 1. The largest absolute Gasteiger partial charge is 0.381 e. The summed E-state index contributed by atoms with van der Waals surface area (Å²) in [7, 11) is 0. The van der Waals surface area contributed by atoms with Gasteiger partial charge in [-0.15, -0.1) is 11.3 Å². The maximum absolute atomic E-state index is 12.5. The standard InChI is InChI=1S/C18H20BrN3O3S/c1-12(23)21-17-22-15(10-26-17)16(24)20-11-18(5-7-25-8-6-18)13-3-2-4-14(19)9-13/h2-4,9-10H,5-8,11H2,1H3,(H,20,24)(H,21,22,23). The summed E-state index contributed by atoms with van der Waals surface area (Å²) in [6.07, 6.45) is 1.69. The van der Waals surface area contributed by atoms with Crippen molar-refractivity contribution in [2.24, 2.45) is 0 Å². The Bertz CT molecular complexity index is 802. The molecule has 0 atom stereocenters. The van der Waals surface area contributed by atoms with Gasteiger partial charge in [0, 0.05) is 42.0 Å². The molecule has 26 heavy (non-hydrogen) atoms. The lowest BCUT2D eigenvalue weighted by molar-refractivity contribution is -0.114. The lowest BCUT2D eigenvalue weighted by Gasteiger charge is -2.38. The third kappa shape index (κ3) is 4.49. The van der Waals surface area contributed by atoms with Crippen LogP contribution in [0.4, 0.5) is 5.13 Å². The lowest BCUT2D eigenvalue weighted by atomic mass is 9.74. The number of carbonyl (C=O) groups excluding carboxylic acids is 2. The van der Waals surface area contributed by atoms with E-state index in [-0.39, 0.29) is 17.2 Å². The predicted octanol–water partition coefficient (Wildman–Crippen LogP) is 3.34. The van der Waals surface area contributed by atoms with E-state index >= 15 is 0 Å². The number of aromatic nitrogens is 1. The number of hydrogen-bond donors (Lipinski definition) is 2. The van der Waals surface area contributed by atoms with Crippen molar-refractivity contribution in [3.8, 4) is 0 Å². The molecule has 0 radical (unpaired) electrons. The fourth-order valence-electron chi connectivity index (χ4n) is 3.07. The van der Waals surface area contributed by atoms with Crippen LogP contribution < -0.4 is 10.6 Å². The normalized spacial score (nSPS) is 16.1. The van der Waals surface area contributed by atoms with Gasteiger partial charge in [-0.3, -0.25) is 9.59 Å². The first-order chi connectivity index (χ1) is 12.5. The molecule has 0 spiro atoms. The fourth-order valence-corrected chi connectivity index (χ4v) is 4.21. The van der Waals surface area contributed by atoms with E-state index in [1.807, 2.05) is 12.1 Å². The number of amides is 2. The van der Waals surface area contributed by atoms with Gasteiger partial charge in [-0.2, -0.15) is 0 Å². The number of benzene rings is 1. The van der Waals surface area contributed by atoms with E-state index in [1.54, 1.807) is 5.38 Å². The number of ether oxygens (including phenoxy) is 1. The fraction of sp³-hybridized carbons (Fsp3) is 0.389. The van der Waals surface area contributed by atoms with Gasteiger partial charge in [-0.25, -0.2) is 4.98 Å². The Balaban J connectivity index is 1.72. The first kappa shape index (κ1) is 19.0. The highest BCUT2D eigenvalue weighted by atomic mass is 79.9. The zero-order chi connectivity index (χ0) is 18.6. The van der Waals surface area contributed by atoms with Crippen molar-refractivity contribution in [3.63, 3.8) is 0 Å². The number of anilines is 1. The molecule has 1 fully saturated rings. The third-order valence-electron chi connectivity index (χ3n) is 4.49. The predicted molar refractivity (Wildman–Crippen MR) is 105 cm³/mol. The van der Waals surface area contributed by atoms with Crippen LogP contribution in [-0.2, 0) is 14.9 Å². The van der Waals surface area contributed by atoms with Crippen molar-refractivity contribution in [2.75, 3.05) is 25.1 Å². The van der Waals surface area contributed by atoms with Gasteiger partial charge in [0.1, 0.15) is 5.69 Å². The summed E-state index contributed by atoms with van der Waals surface area (Å²) in [4.78, 5) is 27.8. The molecule has 1 saturated heterocycles. The van der Waals surface area contributed by atoms with Crippen LogP contribution in [-0.4, -0.2) is 36.6 Å². The lowest BCUT2D eigenvalue weighted by Crippen LogP contribution is -2.44. The number of rotatable bonds is 5. The number of thiazole rings is 1. The van der Waals surface area contributed by atoms with E-state index in [9.17, 15) is 9.59 Å². The zero-order valence-corrected chi connectivity index (χ0v) is 16.8. The van der Waals surface area contributed by atoms with Crippen molar-refractivity contribution in [3.05, 3.63) is 45.4 Å². The average Bonchev–Trinajstić information content (AvgIpc) is 3.08. The van der Waals surface area contributed by atoms with Gasteiger partial charge in [-0.05, 0) is 30.5 Å². The molecule has 1 aliphatic heterocycles. The van der Waals surface area contributed by atoms with Crippen LogP contribution in [0.5, 0.6) is 0 Å². The van der Waals surface area contributed by atoms with Gasteiger partial charge in [0.25, 0.3) is 5.91 Å². The van der Waals surface area contributed by atoms with Gasteiger partial charge in [-0.1, -0.05) is 28.1 Å². The molecule has 6 nitrogen and oxygen atoms in total. The van der Waals surface area contributed by atoms with E-state index in [0.29, 0.717) is 30.6 Å². The molecule has 2 heterocycles. The monoisotopic (exact) mass is 437 g/mol. The Morgan fingerprint density at radius 1 is 1.35 bits per heavy atom. The van der Waals surface area contributed by atoms with E-state index in [2.05, 4.69) is 43.7 Å². The summed E-state index contributed by atoms with van der Waals surface area (Å²) in [6.45, 7) is 3.27. The van der Waals surface area contributed by atoms with Crippen LogP contribution in [0.2, 0.25) is 0 Å². The third-order valence-corrected chi connectivity index (χ3v) is 5.74. The maximum Gasteiger partial charge on any atom is 0.270 e. The van der Waals surface area contributed by atoms with Crippen LogP contribution >= 0.6 is 27.3 Å². The smallest absolute Gasteiger partial charge is 0.270 e. The van der Waals surface area contributed by atoms with Gasteiger partial charge in [0.15, 0.2) is 5.13 Å². The number of halogens is 1. The highest BCUT2D eigenvalue weighted by molar-refractivity contribution is 9.10. The molecule has 0 unspecified atom stereocenters. The molecular weight excluding hydrogens is 418 g/mol. The van der Waals surface area contributed by atoms with E-state index in [1.165, 1.54) is 23.8 Å². The number of nitrogens with one attached hydrogen (secondary N) is 2. The van der Waals surface area contributed by atoms with Crippen molar-refractivity contribution in [1.82, 2.24) is 10.3 Å². The summed E-state index contributed by atoms with van der Waals surface area (Å²) in [5, 5.41) is 7.68. The molecular formula is C18H20BrN3O3S. The average molecular weight is 438 g/mol. The molecule has 1 aromatic carbocycles. The molecule has 0 bridgehead atoms. The van der Waals surface area contributed by atoms with Crippen molar-refractivity contribution < 1.29 is 14.3 Å². The molecule has 2 N–H and O–H groups in total. The SMILES string of the molecule is CC(=O)Nc1nc(C(=O)NCC2(c3cccc(Br)c3)CCOCC2)cs1. The minimum Gasteiger partial charge on any atom is -0.381 e. The van der Waals surface area contributed by atoms with Gasteiger partial charge in [0.05, 0.1) is 0 Å². The second-order valence-electron chi connectivity index (χ2n) is 6.30. The molecule has 1 aliphatic rings. The molecule has 8 heteroatoms. The Kier molecular flexibility index (Phi) is 6.05. The van der Waals surface area contributed by atoms with Gasteiger partial charge in [0.2, 0.25) is 5.91 Å². The first-order valence-corrected chi connectivity index (χ1v) is 10.0. The summed E-state index contributed by atoms with van der Waals surface area (Å²) in [6, 6.07) is 8.21. The molecule has 0 aliphatic carbocycles. The molecule has 2 aromatic rings. The highest BCUT2D eigenvalue weighted by Gasteiger charge is 2.35. The molecule has 2 amide bonds. The molecule has 1 aromatic heterocycles. The summed E-state index contributed by atoms with van der Waals surface area (Å²) < 4.78 is 6.55. The van der Waals surface area contributed by atoms with Crippen molar-refractivity contribution in [1.29, 1.82) is 0 Å². The topological polar surface area (TPSA) is 80.3 Å². The van der Waals surface area contributed by atoms with E-state index in [4.69, 9.17) is 4.74 Å². The van der Waals surface area contributed by atoms with E-state index in [0.717, 1.165) is 17.3 Å².